The van der Waals surface area contributed by atoms with E-state index in [0.29, 0.717) is 17.8 Å². The molecule has 2 amide bonds. The highest BCUT2D eigenvalue weighted by Gasteiger charge is 2.10. The molecular weight excluding hydrogens is 316 g/mol. The second kappa shape index (κ2) is 8.71. The summed E-state index contributed by atoms with van der Waals surface area (Å²) >= 11 is 3.11. The Labute approximate surface area is 120 Å². The molecule has 0 spiro atoms. The molecule has 1 rings (SSSR count). The molecule has 7 heteroatoms. The van der Waals surface area contributed by atoms with Crippen LogP contribution in [0.2, 0.25) is 0 Å². The normalized spacial score (nSPS) is 10.2. The van der Waals surface area contributed by atoms with Crippen LogP contribution in [-0.2, 0) is 9.53 Å². The Balaban J connectivity index is 2.12. The van der Waals surface area contributed by atoms with Gasteiger partial charge in [0, 0.05) is 33.2 Å². The van der Waals surface area contributed by atoms with E-state index in [0.717, 1.165) is 6.42 Å². The van der Waals surface area contributed by atoms with Gasteiger partial charge in [-0.3, -0.25) is 9.59 Å². The van der Waals surface area contributed by atoms with Crippen LogP contribution in [0.3, 0.4) is 0 Å². The molecule has 0 atom stereocenters. The topological polar surface area (TPSA) is 80.6 Å². The first-order valence-electron chi connectivity index (χ1n) is 5.92. The fourth-order valence-corrected chi connectivity index (χ4v) is 1.65. The van der Waals surface area contributed by atoms with Crippen molar-refractivity contribution in [1.29, 1.82) is 0 Å². The van der Waals surface area contributed by atoms with Gasteiger partial charge in [-0.1, -0.05) is 0 Å². The molecule has 6 nitrogen and oxygen atoms in total. The lowest BCUT2D eigenvalue weighted by Crippen LogP contribution is -2.31. The fourth-order valence-electron chi connectivity index (χ4n) is 1.35. The van der Waals surface area contributed by atoms with Gasteiger partial charge in [0.15, 0.2) is 10.4 Å². The van der Waals surface area contributed by atoms with E-state index >= 15 is 0 Å². The minimum absolute atomic E-state index is 0.1000. The number of carbonyl (C=O) groups excluding carboxylic acids is 2. The maximum absolute atomic E-state index is 11.6. The van der Waals surface area contributed by atoms with Crippen molar-refractivity contribution >= 4 is 27.7 Å². The highest BCUT2D eigenvalue weighted by atomic mass is 79.9. The Morgan fingerprint density at radius 3 is 2.74 bits per heavy atom. The van der Waals surface area contributed by atoms with E-state index in [-0.39, 0.29) is 30.5 Å². The number of hydrogen-bond acceptors (Lipinski definition) is 4. The number of halogens is 1. The molecule has 1 aromatic rings. The lowest BCUT2D eigenvalue weighted by molar-refractivity contribution is -0.120. The maximum atomic E-state index is 11.6. The third kappa shape index (κ3) is 6.40. The number of amides is 2. The van der Waals surface area contributed by atoms with E-state index in [1.165, 1.54) is 0 Å². The molecule has 19 heavy (non-hydrogen) atoms. The first-order chi connectivity index (χ1) is 9.13. The van der Waals surface area contributed by atoms with Crippen LogP contribution in [0.15, 0.2) is 21.2 Å². The smallest absolute Gasteiger partial charge is 0.287 e. The van der Waals surface area contributed by atoms with Crippen molar-refractivity contribution in [3.63, 3.8) is 0 Å². The molecule has 0 saturated carbocycles. The summed E-state index contributed by atoms with van der Waals surface area (Å²) in [7, 11) is 1.62. The summed E-state index contributed by atoms with van der Waals surface area (Å²) in [5.74, 6) is -0.220. The standard InChI is InChI=1S/C12H17BrN2O4/c1-18-8-2-6-14-11(16)5-7-15-12(17)9-3-4-10(13)19-9/h3-4H,2,5-8H2,1H3,(H,14,16)(H,15,17). The molecule has 0 fully saturated rings. The molecule has 1 heterocycles. The number of rotatable bonds is 8. The molecule has 0 bridgehead atoms. The van der Waals surface area contributed by atoms with Crippen molar-refractivity contribution in [3.8, 4) is 0 Å². The molecule has 106 valence electrons. The van der Waals surface area contributed by atoms with Gasteiger partial charge in [-0.25, -0.2) is 0 Å². The van der Waals surface area contributed by atoms with Gasteiger partial charge >= 0.3 is 0 Å². The lowest BCUT2D eigenvalue weighted by Gasteiger charge is -2.05. The van der Waals surface area contributed by atoms with Gasteiger partial charge in [-0.2, -0.15) is 0 Å². The predicted octanol–water partition coefficient (Wildman–Crippen LogP) is 1.31. The Morgan fingerprint density at radius 1 is 1.32 bits per heavy atom. The molecule has 2 N–H and O–H groups in total. The SMILES string of the molecule is COCCCNC(=O)CCNC(=O)c1ccc(Br)o1. The van der Waals surface area contributed by atoms with Crippen LogP contribution in [0.1, 0.15) is 23.4 Å². The number of nitrogens with one attached hydrogen (secondary N) is 2. The zero-order valence-corrected chi connectivity index (χ0v) is 12.3. The van der Waals surface area contributed by atoms with E-state index in [1.807, 2.05) is 0 Å². The van der Waals surface area contributed by atoms with Gasteiger partial charge in [0.25, 0.3) is 5.91 Å². The van der Waals surface area contributed by atoms with E-state index in [2.05, 4.69) is 26.6 Å². The molecule has 0 unspecified atom stereocenters. The lowest BCUT2D eigenvalue weighted by atomic mass is 10.3. The molecule has 0 aliphatic carbocycles. The summed E-state index contributed by atoms with van der Waals surface area (Å²) in [5.41, 5.74) is 0. The summed E-state index contributed by atoms with van der Waals surface area (Å²) in [6, 6.07) is 3.20. The fraction of sp³-hybridized carbons (Fsp3) is 0.500. The van der Waals surface area contributed by atoms with Gasteiger partial charge in [-0.05, 0) is 34.5 Å². The van der Waals surface area contributed by atoms with Crippen LogP contribution in [0.5, 0.6) is 0 Å². The third-order valence-corrected chi connectivity index (χ3v) is 2.71. The van der Waals surface area contributed by atoms with Gasteiger partial charge in [0.2, 0.25) is 5.91 Å². The highest BCUT2D eigenvalue weighted by molar-refractivity contribution is 9.10. The molecule has 0 aromatic carbocycles. The van der Waals surface area contributed by atoms with Crippen molar-refractivity contribution in [3.05, 3.63) is 22.6 Å². The van der Waals surface area contributed by atoms with Crippen molar-refractivity contribution < 1.29 is 18.7 Å². The molecule has 1 aromatic heterocycles. The van der Waals surface area contributed by atoms with Gasteiger partial charge in [-0.15, -0.1) is 0 Å². The van der Waals surface area contributed by atoms with Crippen molar-refractivity contribution in [2.24, 2.45) is 0 Å². The number of carbonyl (C=O) groups is 2. The van der Waals surface area contributed by atoms with Crippen molar-refractivity contribution in [2.75, 3.05) is 26.8 Å². The molecule has 0 saturated heterocycles. The van der Waals surface area contributed by atoms with Crippen LogP contribution < -0.4 is 10.6 Å². The first kappa shape index (κ1) is 15.7. The monoisotopic (exact) mass is 332 g/mol. The molecular formula is C12H17BrN2O4. The number of furan rings is 1. The number of hydrogen-bond donors (Lipinski definition) is 2. The first-order valence-corrected chi connectivity index (χ1v) is 6.72. The minimum atomic E-state index is -0.335. The second-order valence-electron chi connectivity index (χ2n) is 3.81. The second-order valence-corrected chi connectivity index (χ2v) is 4.59. The summed E-state index contributed by atoms with van der Waals surface area (Å²) in [5, 5.41) is 5.34. The quantitative estimate of drug-likeness (QED) is 0.703. The van der Waals surface area contributed by atoms with Gasteiger partial charge in [0.1, 0.15) is 0 Å². The molecule has 0 aliphatic heterocycles. The van der Waals surface area contributed by atoms with Crippen LogP contribution in [-0.4, -0.2) is 38.6 Å². The number of ether oxygens (including phenoxy) is 1. The van der Waals surface area contributed by atoms with Gasteiger partial charge < -0.3 is 19.8 Å². The average molecular weight is 333 g/mol. The summed E-state index contributed by atoms with van der Waals surface area (Å²) in [6.45, 7) is 1.46. The Hall–Kier alpha value is -1.34. The van der Waals surface area contributed by atoms with E-state index in [9.17, 15) is 9.59 Å². The Bertz CT molecular complexity index is 420. The van der Waals surface area contributed by atoms with Crippen molar-refractivity contribution in [2.45, 2.75) is 12.8 Å². The van der Waals surface area contributed by atoms with E-state index < -0.39 is 0 Å². The van der Waals surface area contributed by atoms with Crippen LogP contribution in [0.4, 0.5) is 0 Å². The van der Waals surface area contributed by atoms with E-state index in [4.69, 9.17) is 9.15 Å². The average Bonchev–Trinajstić information content (AvgIpc) is 2.81. The Morgan fingerprint density at radius 2 is 2.11 bits per heavy atom. The van der Waals surface area contributed by atoms with Gasteiger partial charge in [0.05, 0.1) is 0 Å². The third-order valence-electron chi connectivity index (χ3n) is 2.28. The molecule has 0 radical (unpaired) electrons. The Kier molecular flexibility index (Phi) is 7.20. The summed E-state index contributed by atoms with van der Waals surface area (Å²) in [6.07, 6.45) is 1.01. The highest BCUT2D eigenvalue weighted by Crippen LogP contribution is 2.13. The summed E-state index contributed by atoms with van der Waals surface area (Å²) in [4.78, 5) is 23.0. The largest absolute Gasteiger partial charge is 0.444 e. The number of methoxy groups -OCH3 is 1. The van der Waals surface area contributed by atoms with E-state index in [1.54, 1.807) is 19.2 Å². The van der Waals surface area contributed by atoms with Crippen LogP contribution >= 0.6 is 15.9 Å². The minimum Gasteiger partial charge on any atom is -0.444 e. The maximum Gasteiger partial charge on any atom is 0.287 e. The zero-order chi connectivity index (χ0) is 14.1. The molecule has 0 aliphatic rings. The van der Waals surface area contributed by atoms with Crippen molar-refractivity contribution in [1.82, 2.24) is 10.6 Å². The van der Waals surface area contributed by atoms with Crippen LogP contribution in [0, 0.1) is 0 Å². The zero-order valence-electron chi connectivity index (χ0n) is 10.7. The van der Waals surface area contributed by atoms with Crippen LogP contribution in [0.25, 0.3) is 0 Å². The summed E-state index contributed by atoms with van der Waals surface area (Å²) < 4.78 is 10.4. The predicted molar refractivity (Wildman–Crippen MR) is 72.9 cm³/mol.